The van der Waals surface area contributed by atoms with Crippen molar-refractivity contribution in [1.29, 1.82) is 0 Å². The van der Waals surface area contributed by atoms with Gasteiger partial charge in [-0.3, -0.25) is 0 Å². The van der Waals surface area contributed by atoms with Crippen LogP contribution in [0.3, 0.4) is 0 Å². The van der Waals surface area contributed by atoms with Gasteiger partial charge in [-0.15, -0.1) is 0 Å². The number of fused-ring (bicyclic) bond motifs is 1. The first kappa shape index (κ1) is 16.3. The van der Waals surface area contributed by atoms with Crippen molar-refractivity contribution < 1.29 is 9.47 Å². The van der Waals surface area contributed by atoms with Crippen LogP contribution >= 0.6 is 11.6 Å². The Labute approximate surface area is 131 Å². The second-order valence-corrected chi connectivity index (χ2v) is 5.88. The van der Waals surface area contributed by atoms with Gasteiger partial charge in [-0.05, 0) is 24.5 Å². The highest BCUT2D eigenvalue weighted by Crippen LogP contribution is 2.33. The summed E-state index contributed by atoms with van der Waals surface area (Å²) in [5.74, 6) is 0.309. The van der Waals surface area contributed by atoms with E-state index in [4.69, 9.17) is 26.2 Å². The van der Waals surface area contributed by atoms with Crippen LogP contribution in [0.5, 0.6) is 0 Å². The van der Waals surface area contributed by atoms with Crippen LogP contribution in [0, 0.1) is 5.92 Å². The lowest BCUT2D eigenvalue weighted by atomic mass is 9.80. The highest BCUT2D eigenvalue weighted by atomic mass is 35.5. The minimum absolute atomic E-state index is 0.205. The fourth-order valence-electron chi connectivity index (χ4n) is 2.83. The van der Waals surface area contributed by atoms with Gasteiger partial charge in [0.15, 0.2) is 6.29 Å². The number of methoxy groups -OCH3 is 2. The average molecular weight is 311 g/mol. The Bertz CT molecular complexity index is 513. The van der Waals surface area contributed by atoms with Crippen molar-refractivity contribution >= 4 is 17.3 Å². The van der Waals surface area contributed by atoms with Crippen LogP contribution in [0.2, 0.25) is 5.02 Å². The van der Waals surface area contributed by atoms with Crippen LogP contribution in [0.4, 0.5) is 0 Å². The van der Waals surface area contributed by atoms with Crippen LogP contribution in [0.15, 0.2) is 23.3 Å². The summed E-state index contributed by atoms with van der Waals surface area (Å²) in [6.07, 6.45) is 2.56. The van der Waals surface area contributed by atoms with Crippen LogP contribution in [0.1, 0.15) is 24.0 Å². The number of nitrogens with zero attached hydrogens (tertiary/aromatic N) is 2. The van der Waals surface area contributed by atoms with Crippen LogP contribution in [0.25, 0.3) is 0 Å². The molecule has 1 aromatic carbocycles. The first-order chi connectivity index (χ1) is 10.1. The molecule has 21 heavy (non-hydrogen) atoms. The molecule has 116 valence electrons. The van der Waals surface area contributed by atoms with E-state index in [0.717, 1.165) is 35.6 Å². The molecule has 0 heterocycles. The summed E-state index contributed by atoms with van der Waals surface area (Å²) in [6, 6.07) is 6.03. The monoisotopic (exact) mass is 310 g/mol. The van der Waals surface area contributed by atoms with Gasteiger partial charge in [0.1, 0.15) is 0 Å². The van der Waals surface area contributed by atoms with Crippen LogP contribution in [-0.2, 0) is 15.9 Å². The molecule has 1 aromatic rings. The van der Waals surface area contributed by atoms with Crippen molar-refractivity contribution in [3.8, 4) is 0 Å². The maximum Gasteiger partial charge on any atom is 0.157 e. The van der Waals surface area contributed by atoms with E-state index in [0.29, 0.717) is 5.92 Å². The molecular weight excluding hydrogens is 288 g/mol. The number of hydrogen-bond donors (Lipinski definition) is 0. The zero-order valence-corrected chi connectivity index (χ0v) is 13.9. The molecular formula is C16H23ClN2O2. The Kier molecular flexibility index (Phi) is 5.62. The lowest BCUT2D eigenvalue weighted by Gasteiger charge is -2.30. The van der Waals surface area contributed by atoms with E-state index < -0.39 is 0 Å². The lowest BCUT2D eigenvalue weighted by Crippen LogP contribution is -2.30. The summed E-state index contributed by atoms with van der Waals surface area (Å²) in [5, 5.41) is 7.37. The van der Waals surface area contributed by atoms with Crippen molar-refractivity contribution in [3.05, 3.63) is 34.3 Å². The Balaban J connectivity index is 2.36. The minimum atomic E-state index is -0.205. The first-order valence-corrected chi connectivity index (χ1v) is 7.53. The lowest BCUT2D eigenvalue weighted by molar-refractivity contribution is -0.110. The van der Waals surface area contributed by atoms with Gasteiger partial charge in [-0.1, -0.05) is 23.7 Å². The summed E-state index contributed by atoms with van der Waals surface area (Å²) in [4.78, 5) is 0. The van der Waals surface area contributed by atoms with E-state index in [2.05, 4.69) is 6.07 Å². The minimum Gasteiger partial charge on any atom is -0.356 e. The van der Waals surface area contributed by atoms with Crippen molar-refractivity contribution in [2.24, 2.45) is 11.0 Å². The molecule has 0 aromatic heterocycles. The molecule has 0 amide bonds. The van der Waals surface area contributed by atoms with Crippen molar-refractivity contribution in [2.75, 3.05) is 28.3 Å². The van der Waals surface area contributed by atoms with Gasteiger partial charge >= 0.3 is 0 Å². The summed E-state index contributed by atoms with van der Waals surface area (Å²) in [5.41, 5.74) is 3.42. The van der Waals surface area contributed by atoms with Crippen LogP contribution < -0.4 is 0 Å². The zero-order valence-electron chi connectivity index (χ0n) is 13.1. The smallest absolute Gasteiger partial charge is 0.157 e. The van der Waals surface area contributed by atoms with E-state index in [1.165, 1.54) is 5.56 Å². The van der Waals surface area contributed by atoms with Gasteiger partial charge in [-0.25, -0.2) is 0 Å². The number of ether oxygens (including phenoxy) is 2. The fraction of sp³-hybridized carbons (Fsp3) is 0.562. The van der Waals surface area contributed by atoms with Crippen LogP contribution in [-0.4, -0.2) is 45.3 Å². The normalized spacial score (nSPS) is 19.9. The Morgan fingerprint density at radius 3 is 2.67 bits per heavy atom. The third-order valence-corrected chi connectivity index (χ3v) is 4.19. The maximum atomic E-state index is 6.33. The molecule has 0 fully saturated rings. The van der Waals surface area contributed by atoms with E-state index in [1.54, 1.807) is 14.2 Å². The third-order valence-electron chi connectivity index (χ3n) is 3.83. The molecule has 1 aliphatic carbocycles. The zero-order chi connectivity index (χ0) is 15.4. The summed E-state index contributed by atoms with van der Waals surface area (Å²) >= 11 is 6.33. The molecule has 0 saturated heterocycles. The quantitative estimate of drug-likeness (QED) is 0.619. The van der Waals surface area contributed by atoms with Gasteiger partial charge in [0.2, 0.25) is 0 Å². The largest absolute Gasteiger partial charge is 0.356 e. The van der Waals surface area contributed by atoms with E-state index >= 15 is 0 Å². The van der Waals surface area contributed by atoms with Gasteiger partial charge in [0, 0.05) is 51.2 Å². The molecule has 0 aliphatic heterocycles. The predicted octanol–water partition coefficient (Wildman–Crippen LogP) is 3.18. The predicted molar refractivity (Wildman–Crippen MR) is 85.9 cm³/mol. The molecule has 0 radical (unpaired) electrons. The molecule has 0 bridgehead atoms. The Morgan fingerprint density at radius 1 is 1.33 bits per heavy atom. The number of halogens is 1. The van der Waals surface area contributed by atoms with Gasteiger partial charge in [-0.2, -0.15) is 5.10 Å². The average Bonchev–Trinajstić information content (AvgIpc) is 2.46. The summed E-state index contributed by atoms with van der Waals surface area (Å²) < 4.78 is 10.7. The molecule has 0 spiro atoms. The molecule has 2 rings (SSSR count). The SMILES string of the molecule is COC(CC1CCc2c(Cl)cccc2/C1=N\N(C)C)OC. The molecule has 1 unspecified atom stereocenters. The molecule has 0 saturated carbocycles. The van der Waals surface area contributed by atoms with Crippen molar-refractivity contribution in [3.63, 3.8) is 0 Å². The number of hydrogen-bond acceptors (Lipinski definition) is 4. The van der Waals surface area contributed by atoms with E-state index in [-0.39, 0.29) is 6.29 Å². The second kappa shape index (κ2) is 7.25. The highest BCUT2D eigenvalue weighted by Gasteiger charge is 2.29. The van der Waals surface area contributed by atoms with Gasteiger partial charge in [0.25, 0.3) is 0 Å². The standard InChI is InChI=1S/C16H23ClN2O2/c1-19(2)18-16-11(10-15(20-3)21-4)8-9-12-13(16)6-5-7-14(12)17/h5-7,11,15H,8-10H2,1-4H3/b18-16-. The summed E-state index contributed by atoms with van der Waals surface area (Å²) in [6.45, 7) is 0. The number of benzene rings is 1. The highest BCUT2D eigenvalue weighted by molar-refractivity contribution is 6.32. The molecule has 0 N–H and O–H groups in total. The van der Waals surface area contributed by atoms with Crippen molar-refractivity contribution in [2.45, 2.75) is 25.6 Å². The topological polar surface area (TPSA) is 34.1 Å². The number of hydrazone groups is 1. The maximum absolute atomic E-state index is 6.33. The fourth-order valence-corrected chi connectivity index (χ4v) is 3.10. The van der Waals surface area contributed by atoms with Gasteiger partial charge in [0.05, 0.1) is 5.71 Å². The summed E-state index contributed by atoms with van der Waals surface area (Å²) in [7, 11) is 7.22. The molecule has 1 aliphatic rings. The molecule has 1 atom stereocenters. The van der Waals surface area contributed by atoms with E-state index in [1.807, 2.05) is 31.2 Å². The molecule has 5 heteroatoms. The number of rotatable bonds is 5. The Hall–Kier alpha value is -1.10. The van der Waals surface area contributed by atoms with Crippen molar-refractivity contribution in [1.82, 2.24) is 5.01 Å². The second-order valence-electron chi connectivity index (χ2n) is 5.47. The first-order valence-electron chi connectivity index (χ1n) is 7.16. The third kappa shape index (κ3) is 3.76. The van der Waals surface area contributed by atoms with Gasteiger partial charge < -0.3 is 14.5 Å². The Morgan fingerprint density at radius 2 is 2.05 bits per heavy atom. The van der Waals surface area contributed by atoms with E-state index in [9.17, 15) is 0 Å². The molecule has 4 nitrogen and oxygen atoms in total.